The summed E-state index contributed by atoms with van der Waals surface area (Å²) in [5.74, 6) is -0.945. The highest BCUT2D eigenvalue weighted by Crippen LogP contribution is 2.28. The number of anilines is 1. The molecular formula is C21H24BrCl2N3O4S. The molecule has 2 aromatic carbocycles. The highest BCUT2D eigenvalue weighted by atomic mass is 79.9. The highest BCUT2D eigenvalue weighted by molar-refractivity contribution is 9.10. The van der Waals surface area contributed by atoms with Crippen molar-refractivity contribution in [1.29, 1.82) is 0 Å². The van der Waals surface area contributed by atoms with E-state index in [0.717, 1.165) is 10.6 Å². The van der Waals surface area contributed by atoms with E-state index in [1.54, 1.807) is 49.4 Å². The molecule has 0 aliphatic rings. The Morgan fingerprint density at radius 3 is 2.22 bits per heavy atom. The Morgan fingerprint density at radius 1 is 1.12 bits per heavy atom. The third-order valence-corrected chi connectivity index (χ3v) is 7.14. The lowest BCUT2D eigenvalue weighted by Crippen LogP contribution is -2.51. The number of hydrogen-bond donors (Lipinski definition) is 1. The third-order valence-electron chi connectivity index (χ3n) is 4.80. The van der Waals surface area contributed by atoms with E-state index < -0.39 is 28.5 Å². The van der Waals surface area contributed by atoms with E-state index >= 15 is 0 Å². The summed E-state index contributed by atoms with van der Waals surface area (Å²) in [6.07, 6.45) is 1.33. The average molecular weight is 565 g/mol. The first kappa shape index (κ1) is 26.4. The number of likely N-dealkylation sites (N-methyl/N-ethyl adjacent to an activating group) is 1. The van der Waals surface area contributed by atoms with Gasteiger partial charge in [0.1, 0.15) is 12.6 Å². The molecule has 0 fully saturated rings. The summed E-state index contributed by atoms with van der Waals surface area (Å²) in [6.45, 7) is 1.21. The van der Waals surface area contributed by atoms with Gasteiger partial charge in [-0.05, 0) is 36.8 Å². The molecule has 32 heavy (non-hydrogen) atoms. The molecule has 1 N–H and O–H groups in total. The second-order valence-electron chi connectivity index (χ2n) is 7.01. The topological polar surface area (TPSA) is 86.8 Å². The molecule has 11 heteroatoms. The molecule has 0 radical (unpaired) electrons. The van der Waals surface area contributed by atoms with Gasteiger partial charge < -0.3 is 10.2 Å². The zero-order valence-corrected chi connectivity index (χ0v) is 21.7. The first-order valence-corrected chi connectivity index (χ1v) is 13.1. The summed E-state index contributed by atoms with van der Waals surface area (Å²) in [7, 11) is -2.33. The zero-order valence-electron chi connectivity index (χ0n) is 17.8. The minimum atomic E-state index is -3.80. The van der Waals surface area contributed by atoms with Crippen LogP contribution in [-0.4, -0.2) is 51.0 Å². The van der Waals surface area contributed by atoms with Gasteiger partial charge in [0.25, 0.3) is 0 Å². The Hall–Kier alpha value is -1.81. The Bertz CT molecular complexity index is 1080. The Balaban J connectivity index is 2.49. The molecule has 0 aromatic heterocycles. The van der Waals surface area contributed by atoms with Crippen LogP contribution in [0.25, 0.3) is 0 Å². The van der Waals surface area contributed by atoms with Gasteiger partial charge in [-0.15, -0.1) is 0 Å². The smallest absolute Gasteiger partial charge is 0.244 e. The van der Waals surface area contributed by atoms with Crippen molar-refractivity contribution in [3.8, 4) is 0 Å². The SMILES string of the molecule is CC[C@H](C(=O)NC)N(Cc1c(Cl)cccc1Cl)C(=O)CN(c1cccc(Br)c1)S(C)(=O)=O. The van der Waals surface area contributed by atoms with Crippen LogP contribution < -0.4 is 9.62 Å². The molecule has 0 heterocycles. The van der Waals surface area contributed by atoms with Crippen molar-refractivity contribution in [2.24, 2.45) is 0 Å². The van der Waals surface area contributed by atoms with Crippen LogP contribution in [0, 0.1) is 0 Å². The number of halogens is 3. The number of nitrogens with one attached hydrogen (secondary N) is 1. The summed E-state index contributed by atoms with van der Waals surface area (Å²) >= 11 is 15.9. The van der Waals surface area contributed by atoms with Crippen LogP contribution in [0.1, 0.15) is 18.9 Å². The number of hydrogen-bond acceptors (Lipinski definition) is 4. The molecular weight excluding hydrogens is 541 g/mol. The maximum Gasteiger partial charge on any atom is 0.244 e. The normalized spacial score (nSPS) is 12.2. The van der Waals surface area contributed by atoms with Gasteiger partial charge in [0.15, 0.2) is 0 Å². The summed E-state index contributed by atoms with van der Waals surface area (Å²) in [5.41, 5.74) is 0.791. The molecule has 2 aromatic rings. The second kappa shape index (κ2) is 11.4. The summed E-state index contributed by atoms with van der Waals surface area (Å²) in [4.78, 5) is 27.3. The van der Waals surface area contributed by atoms with Gasteiger partial charge in [0, 0.05) is 33.7 Å². The minimum Gasteiger partial charge on any atom is -0.357 e. The monoisotopic (exact) mass is 563 g/mol. The third kappa shape index (κ3) is 6.60. The van der Waals surface area contributed by atoms with Crippen molar-refractivity contribution in [2.75, 3.05) is 24.2 Å². The first-order valence-electron chi connectivity index (χ1n) is 9.66. The lowest BCUT2D eigenvalue weighted by atomic mass is 10.1. The van der Waals surface area contributed by atoms with Crippen molar-refractivity contribution in [3.63, 3.8) is 0 Å². The predicted octanol–water partition coefficient (Wildman–Crippen LogP) is 4.08. The largest absolute Gasteiger partial charge is 0.357 e. The zero-order chi connectivity index (χ0) is 24.1. The van der Waals surface area contributed by atoms with E-state index in [-0.39, 0.29) is 12.5 Å². The molecule has 0 saturated carbocycles. The van der Waals surface area contributed by atoms with Crippen LogP contribution in [0.2, 0.25) is 10.0 Å². The maximum atomic E-state index is 13.4. The van der Waals surface area contributed by atoms with Crippen molar-refractivity contribution in [1.82, 2.24) is 10.2 Å². The molecule has 0 bridgehead atoms. The van der Waals surface area contributed by atoms with Gasteiger partial charge in [-0.25, -0.2) is 8.42 Å². The van der Waals surface area contributed by atoms with Gasteiger partial charge >= 0.3 is 0 Å². The molecule has 7 nitrogen and oxygen atoms in total. The summed E-state index contributed by atoms with van der Waals surface area (Å²) in [6, 6.07) is 10.7. The minimum absolute atomic E-state index is 0.0562. The van der Waals surface area contributed by atoms with E-state index in [0.29, 0.717) is 32.2 Å². The summed E-state index contributed by atoms with van der Waals surface area (Å²) in [5, 5.41) is 3.24. The standard InChI is InChI=1S/C21H24BrCl2N3O4S/c1-4-19(21(29)25-2)26(12-16-17(23)9-6-10-18(16)24)20(28)13-27(32(3,30)31)15-8-5-7-14(22)11-15/h5-11,19H,4,12-13H2,1-3H3,(H,25,29)/t19-/m1/s1. The lowest BCUT2D eigenvalue weighted by Gasteiger charge is -2.33. The highest BCUT2D eigenvalue weighted by Gasteiger charge is 2.32. The number of benzene rings is 2. The van der Waals surface area contributed by atoms with Gasteiger partial charge in [0.05, 0.1) is 11.9 Å². The van der Waals surface area contributed by atoms with E-state index in [1.807, 2.05) is 0 Å². The van der Waals surface area contributed by atoms with Crippen LogP contribution in [-0.2, 0) is 26.2 Å². The Kier molecular flexibility index (Phi) is 9.39. The van der Waals surface area contributed by atoms with Gasteiger partial charge in [-0.3, -0.25) is 13.9 Å². The van der Waals surface area contributed by atoms with Gasteiger partial charge in [-0.1, -0.05) is 58.2 Å². The van der Waals surface area contributed by atoms with Crippen molar-refractivity contribution in [2.45, 2.75) is 25.9 Å². The van der Waals surface area contributed by atoms with E-state index in [4.69, 9.17) is 23.2 Å². The molecule has 1 atom stereocenters. The number of nitrogens with zero attached hydrogens (tertiary/aromatic N) is 2. The average Bonchev–Trinajstić information content (AvgIpc) is 2.72. The molecule has 0 aliphatic carbocycles. The Morgan fingerprint density at radius 2 is 1.72 bits per heavy atom. The van der Waals surface area contributed by atoms with E-state index in [2.05, 4.69) is 21.2 Å². The number of carbonyl (C=O) groups is 2. The fourth-order valence-corrected chi connectivity index (χ4v) is 4.93. The first-order chi connectivity index (χ1) is 15.0. The molecule has 0 spiro atoms. The molecule has 2 amide bonds. The van der Waals surface area contributed by atoms with Gasteiger partial charge in [0.2, 0.25) is 21.8 Å². The second-order valence-corrected chi connectivity index (χ2v) is 10.6. The predicted molar refractivity (Wildman–Crippen MR) is 131 cm³/mol. The lowest BCUT2D eigenvalue weighted by molar-refractivity contribution is -0.140. The van der Waals surface area contributed by atoms with Crippen molar-refractivity contribution >= 4 is 66.7 Å². The van der Waals surface area contributed by atoms with E-state index in [1.165, 1.54) is 11.9 Å². The van der Waals surface area contributed by atoms with Crippen LogP contribution in [0.3, 0.4) is 0 Å². The van der Waals surface area contributed by atoms with Gasteiger partial charge in [-0.2, -0.15) is 0 Å². The van der Waals surface area contributed by atoms with Crippen molar-refractivity contribution in [3.05, 3.63) is 62.5 Å². The summed E-state index contributed by atoms with van der Waals surface area (Å²) < 4.78 is 26.7. The van der Waals surface area contributed by atoms with Crippen LogP contribution in [0.4, 0.5) is 5.69 Å². The fraction of sp³-hybridized carbons (Fsp3) is 0.333. The molecule has 0 saturated heterocycles. The van der Waals surface area contributed by atoms with E-state index in [9.17, 15) is 18.0 Å². The quantitative estimate of drug-likeness (QED) is 0.497. The number of sulfonamides is 1. The number of amides is 2. The Labute approximate surface area is 206 Å². The van der Waals surface area contributed by atoms with Crippen LogP contribution >= 0.6 is 39.1 Å². The van der Waals surface area contributed by atoms with Crippen LogP contribution in [0.5, 0.6) is 0 Å². The number of carbonyl (C=O) groups excluding carboxylic acids is 2. The number of rotatable bonds is 9. The maximum absolute atomic E-state index is 13.4. The molecule has 0 unspecified atom stereocenters. The molecule has 174 valence electrons. The van der Waals surface area contributed by atoms with Crippen molar-refractivity contribution < 1.29 is 18.0 Å². The fourth-order valence-electron chi connectivity index (χ4n) is 3.18. The molecule has 2 rings (SSSR count). The molecule has 0 aliphatic heterocycles. The van der Waals surface area contributed by atoms with Crippen LogP contribution in [0.15, 0.2) is 46.9 Å².